The summed E-state index contributed by atoms with van der Waals surface area (Å²) in [5, 5.41) is 9.85. The second-order valence-electron chi connectivity index (χ2n) is 6.23. The Kier molecular flexibility index (Phi) is 3.68. The number of benzene rings is 1. The minimum Gasteiger partial charge on any atom is -0.385 e. The molecule has 0 radical (unpaired) electrons. The fraction of sp³-hybridized carbons (Fsp3) is 0.211. The smallest absolute Gasteiger partial charge is 0.385 e. The van der Waals surface area contributed by atoms with E-state index in [-0.39, 0.29) is 0 Å². The van der Waals surface area contributed by atoms with Crippen molar-refractivity contribution in [3.05, 3.63) is 59.8 Å². The van der Waals surface area contributed by atoms with Crippen LogP contribution in [0.4, 0.5) is 19.0 Å². The predicted octanol–water partition coefficient (Wildman–Crippen LogP) is 4.18. The van der Waals surface area contributed by atoms with Gasteiger partial charge >= 0.3 is 6.18 Å². The Morgan fingerprint density at radius 3 is 2.65 bits per heavy atom. The van der Waals surface area contributed by atoms with Crippen molar-refractivity contribution in [3.8, 4) is 11.1 Å². The zero-order chi connectivity index (χ0) is 18.5. The summed E-state index contributed by atoms with van der Waals surface area (Å²) in [6, 6.07) is 10.5. The molecule has 0 saturated heterocycles. The van der Waals surface area contributed by atoms with Crippen LogP contribution in [0.5, 0.6) is 0 Å². The molecule has 1 aliphatic rings. The molecule has 1 aliphatic heterocycles. The molecular weight excluding hydrogens is 341 g/mol. The van der Waals surface area contributed by atoms with Gasteiger partial charge in [0, 0.05) is 30.4 Å². The van der Waals surface area contributed by atoms with Crippen molar-refractivity contribution in [1.29, 1.82) is 0 Å². The first kappa shape index (κ1) is 16.5. The molecule has 3 aromatic rings. The maximum absolute atomic E-state index is 13.2. The normalized spacial score (nSPS) is 14.2. The number of pyridine rings is 1. The Morgan fingerprint density at radius 1 is 1.15 bits per heavy atom. The first-order chi connectivity index (χ1) is 12.4. The average Bonchev–Trinajstić information content (AvgIpc) is 3.06. The van der Waals surface area contributed by atoms with Crippen LogP contribution < -0.4 is 10.6 Å². The van der Waals surface area contributed by atoms with E-state index in [0.717, 1.165) is 41.4 Å². The van der Waals surface area contributed by atoms with Gasteiger partial charge in [-0.25, -0.2) is 4.52 Å². The third-order valence-corrected chi connectivity index (χ3v) is 4.64. The first-order valence-corrected chi connectivity index (χ1v) is 8.22. The van der Waals surface area contributed by atoms with E-state index >= 15 is 0 Å². The van der Waals surface area contributed by atoms with Crippen molar-refractivity contribution in [2.45, 2.75) is 12.6 Å². The molecule has 0 saturated carbocycles. The minimum absolute atomic E-state index is 0.414. The largest absolute Gasteiger partial charge is 0.435 e. The molecule has 2 N–H and O–H groups in total. The third kappa shape index (κ3) is 2.60. The Balaban J connectivity index is 1.92. The van der Waals surface area contributed by atoms with Gasteiger partial charge in [-0.1, -0.05) is 24.8 Å². The van der Waals surface area contributed by atoms with Gasteiger partial charge in [0.1, 0.15) is 5.82 Å². The summed E-state index contributed by atoms with van der Waals surface area (Å²) in [5.41, 5.74) is 4.13. The van der Waals surface area contributed by atoms with Gasteiger partial charge in [0.05, 0.1) is 5.52 Å². The zero-order valence-corrected chi connectivity index (χ0v) is 14.1. The van der Waals surface area contributed by atoms with Crippen LogP contribution in [0.15, 0.2) is 43.0 Å². The number of hydrogen-bond donors (Lipinski definition) is 2. The summed E-state index contributed by atoms with van der Waals surface area (Å²) < 4.78 is 40.8. The summed E-state index contributed by atoms with van der Waals surface area (Å²) in [6.45, 7) is 4.80. The SMILES string of the molecule is C=C1NCCc2cc(-c3ccc(NC)n4nc(C(F)(F)F)cc34)ccc21. The molecule has 0 unspecified atom stereocenters. The molecule has 134 valence electrons. The Hall–Kier alpha value is -2.96. The lowest BCUT2D eigenvalue weighted by Crippen LogP contribution is -2.21. The van der Waals surface area contributed by atoms with Gasteiger partial charge in [0.15, 0.2) is 5.69 Å². The molecule has 3 heterocycles. The number of aromatic nitrogens is 2. The van der Waals surface area contributed by atoms with Crippen LogP contribution in [0.25, 0.3) is 22.3 Å². The second kappa shape index (κ2) is 5.79. The quantitative estimate of drug-likeness (QED) is 0.722. The summed E-state index contributed by atoms with van der Waals surface area (Å²) >= 11 is 0. The summed E-state index contributed by atoms with van der Waals surface area (Å²) in [6.07, 6.45) is -3.65. The van der Waals surface area contributed by atoms with Gasteiger partial charge in [-0.15, -0.1) is 0 Å². The Labute approximate surface area is 148 Å². The van der Waals surface area contributed by atoms with Crippen LogP contribution >= 0.6 is 0 Å². The molecule has 0 spiro atoms. The first-order valence-electron chi connectivity index (χ1n) is 8.22. The van der Waals surface area contributed by atoms with E-state index in [9.17, 15) is 13.2 Å². The van der Waals surface area contributed by atoms with Crippen molar-refractivity contribution in [3.63, 3.8) is 0 Å². The van der Waals surface area contributed by atoms with Crippen LogP contribution in [0.2, 0.25) is 0 Å². The van der Waals surface area contributed by atoms with Gasteiger partial charge in [-0.3, -0.25) is 0 Å². The highest BCUT2D eigenvalue weighted by molar-refractivity contribution is 5.84. The number of hydrogen-bond acceptors (Lipinski definition) is 3. The maximum Gasteiger partial charge on any atom is 0.435 e. The molecular formula is C19H17F3N4. The standard InChI is InChI=1S/C19H17F3N4/c1-11-14-4-3-12(9-13(14)7-8-24-11)15-5-6-18(23-2)26-16(15)10-17(25-26)19(20,21)22/h3-6,9-10,23-24H,1,7-8H2,2H3. The third-order valence-electron chi connectivity index (χ3n) is 4.64. The molecule has 0 aliphatic carbocycles. The lowest BCUT2D eigenvalue weighted by atomic mass is 9.93. The molecule has 0 atom stereocenters. The highest BCUT2D eigenvalue weighted by Crippen LogP contribution is 2.35. The average molecular weight is 358 g/mol. The van der Waals surface area contributed by atoms with Crippen LogP contribution in [-0.2, 0) is 12.6 Å². The summed E-state index contributed by atoms with van der Waals surface area (Å²) in [7, 11) is 1.65. The molecule has 0 fully saturated rings. The number of alkyl halides is 3. The molecule has 0 bridgehead atoms. The molecule has 26 heavy (non-hydrogen) atoms. The fourth-order valence-electron chi connectivity index (χ4n) is 3.35. The van der Waals surface area contributed by atoms with Crippen LogP contribution in [-0.4, -0.2) is 23.2 Å². The molecule has 2 aromatic heterocycles. The molecule has 1 aromatic carbocycles. The number of nitrogens with zero attached hydrogens (tertiary/aromatic N) is 2. The lowest BCUT2D eigenvalue weighted by molar-refractivity contribution is -0.141. The van der Waals surface area contributed by atoms with Crippen molar-refractivity contribution in [2.24, 2.45) is 0 Å². The zero-order valence-electron chi connectivity index (χ0n) is 14.1. The van der Waals surface area contributed by atoms with Gasteiger partial charge in [-0.2, -0.15) is 18.3 Å². The van der Waals surface area contributed by atoms with E-state index in [1.165, 1.54) is 4.52 Å². The monoisotopic (exact) mass is 358 g/mol. The van der Waals surface area contributed by atoms with Crippen LogP contribution in [0.3, 0.4) is 0 Å². The number of fused-ring (bicyclic) bond motifs is 2. The molecule has 7 heteroatoms. The number of anilines is 1. The van der Waals surface area contributed by atoms with Crippen LogP contribution in [0.1, 0.15) is 16.8 Å². The number of halogens is 3. The summed E-state index contributed by atoms with van der Waals surface area (Å²) in [5.74, 6) is 0.495. The maximum atomic E-state index is 13.2. The van der Waals surface area contributed by atoms with Gasteiger partial charge in [0.25, 0.3) is 0 Å². The second-order valence-corrected chi connectivity index (χ2v) is 6.23. The van der Waals surface area contributed by atoms with Crippen molar-refractivity contribution >= 4 is 17.0 Å². The molecule has 4 rings (SSSR count). The van der Waals surface area contributed by atoms with E-state index in [4.69, 9.17) is 0 Å². The van der Waals surface area contributed by atoms with Crippen LogP contribution in [0, 0.1) is 0 Å². The Bertz CT molecular complexity index is 1020. The lowest BCUT2D eigenvalue weighted by Gasteiger charge is -2.21. The highest BCUT2D eigenvalue weighted by Gasteiger charge is 2.34. The van der Waals surface area contributed by atoms with Gasteiger partial charge in [0.2, 0.25) is 0 Å². The van der Waals surface area contributed by atoms with E-state index in [0.29, 0.717) is 16.9 Å². The topological polar surface area (TPSA) is 41.4 Å². The fourth-order valence-corrected chi connectivity index (χ4v) is 3.35. The van der Waals surface area contributed by atoms with E-state index < -0.39 is 11.9 Å². The molecule has 4 nitrogen and oxygen atoms in total. The van der Waals surface area contributed by atoms with Crippen molar-refractivity contribution < 1.29 is 13.2 Å². The van der Waals surface area contributed by atoms with Crippen molar-refractivity contribution in [1.82, 2.24) is 14.9 Å². The van der Waals surface area contributed by atoms with Gasteiger partial charge in [-0.05, 0) is 35.7 Å². The van der Waals surface area contributed by atoms with E-state index in [1.54, 1.807) is 13.1 Å². The minimum atomic E-state index is -4.49. The van der Waals surface area contributed by atoms with Crippen molar-refractivity contribution in [2.75, 3.05) is 18.9 Å². The van der Waals surface area contributed by atoms with Gasteiger partial charge < -0.3 is 10.6 Å². The van der Waals surface area contributed by atoms with E-state index in [2.05, 4.69) is 22.3 Å². The number of nitrogens with one attached hydrogen (secondary N) is 2. The summed E-state index contributed by atoms with van der Waals surface area (Å²) in [4.78, 5) is 0. The van der Waals surface area contributed by atoms with E-state index in [1.807, 2.05) is 24.3 Å². The highest BCUT2D eigenvalue weighted by atomic mass is 19.4. The Morgan fingerprint density at radius 2 is 1.92 bits per heavy atom. The molecule has 0 amide bonds. The number of rotatable bonds is 2. The predicted molar refractivity (Wildman–Crippen MR) is 95.9 cm³/mol.